The van der Waals surface area contributed by atoms with Crippen molar-refractivity contribution in [2.75, 3.05) is 19.6 Å². The molecule has 27 heavy (non-hydrogen) atoms. The molecule has 5 rings (SSSR count). The van der Waals surface area contributed by atoms with E-state index >= 15 is 0 Å². The number of H-pyrrole nitrogens is 2. The maximum absolute atomic E-state index is 12.8. The van der Waals surface area contributed by atoms with Gasteiger partial charge in [0.05, 0.1) is 6.54 Å². The standard InChI is InChI=1S/C23H23N3O/c27-23(19-14-24-21-8-4-2-6-18(19)21)15-26-11-9-16(10-12-26)22-13-17-5-1-3-7-20(17)25-22/h1-8,13-14,16,24-25H,9-12,15H2. The fourth-order valence-electron chi connectivity index (χ4n) is 4.31. The molecule has 1 saturated heterocycles. The number of Topliss-reactive ketones (excluding diaryl/α,β-unsaturated/α-hetero) is 1. The van der Waals surface area contributed by atoms with Gasteiger partial charge in [-0.05, 0) is 49.5 Å². The number of aromatic amines is 2. The van der Waals surface area contributed by atoms with Gasteiger partial charge in [0.1, 0.15) is 0 Å². The summed E-state index contributed by atoms with van der Waals surface area (Å²) in [6.45, 7) is 2.43. The van der Waals surface area contributed by atoms with Gasteiger partial charge in [-0.25, -0.2) is 0 Å². The summed E-state index contributed by atoms with van der Waals surface area (Å²) in [5.41, 5.74) is 4.38. The zero-order chi connectivity index (χ0) is 18.2. The van der Waals surface area contributed by atoms with Gasteiger partial charge in [-0.3, -0.25) is 9.69 Å². The van der Waals surface area contributed by atoms with Gasteiger partial charge in [0.25, 0.3) is 0 Å². The first-order chi connectivity index (χ1) is 13.3. The maximum atomic E-state index is 12.8. The number of hydrogen-bond donors (Lipinski definition) is 2. The van der Waals surface area contributed by atoms with Crippen molar-refractivity contribution in [3.8, 4) is 0 Å². The van der Waals surface area contributed by atoms with E-state index in [1.54, 1.807) is 0 Å². The second-order valence-electron chi connectivity index (χ2n) is 7.53. The van der Waals surface area contributed by atoms with Crippen molar-refractivity contribution in [3.05, 3.63) is 72.1 Å². The van der Waals surface area contributed by atoms with E-state index in [0.29, 0.717) is 12.5 Å². The molecule has 1 fully saturated rings. The minimum atomic E-state index is 0.205. The minimum Gasteiger partial charge on any atom is -0.360 e. The first-order valence-corrected chi connectivity index (χ1v) is 9.67. The number of aromatic nitrogens is 2. The number of benzene rings is 2. The highest BCUT2D eigenvalue weighted by molar-refractivity contribution is 6.08. The molecule has 0 saturated carbocycles. The van der Waals surface area contributed by atoms with E-state index in [-0.39, 0.29) is 5.78 Å². The Balaban J connectivity index is 1.24. The second-order valence-corrected chi connectivity index (χ2v) is 7.53. The van der Waals surface area contributed by atoms with Crippen LogP contribution < -0.4 is 0 Å². The molecular formula is C23H23N3O. The van der Waals surface area contributed by atoms with Crippen LogP contribution in [0.25, 0.3) is 21.8 Å². The number of hydrogen-bond acceptors (Lipinski definition) is 2. The number of nitrogens with zero attached hydrogens (tertiary/aromatic N) is 1. The fraction of sp³-hybridized carbons (Fsp3) is 0.261. The van der Waals surface area contributed by atoms with Gasteiger partial charge < -0.3 is 9.97 Å². The van der Waals surface area contributed by atoms with Crippen LogP contribution in [0.1, 0.15) is 34.8 Å². The van der Waals surface area contributed by atoms with Crippen LogP contribution in [0.2, 0.25) is 0 Å². The molecule has 4 aromatic rings. The highest BCUT2D eigenvalue weighted by atomic mass is 16.1. The lowest BCUT2D eigenvalue weighted by molar-refractivity contribution is 0.0910. The summed E-state index contributed by atoms with van der Waals surface area (Å²) < 4.78 is 0. The Kier molecular flexibility index (Phi) is 4.06. The molecule has 2 N–H and O–H groups in total. The Bertz CT molecular complexity index is 1070. The fourth-order valence-corrected chi connectivity index (χ4v) is 4.31. The first kappa shape index (κ1) is 16.3. The van der Waals surface area contributed by atoms with Gasteiger partial charge in [-0.1, -0.05) is 36.4 Å². The Labute approximate surface area is 158 Å². The first-order valence-electron chi connectivity index (χ1n) is 9.67. The smallest absolute Gasteiger partial charge is 0.178 e. The predicted molar refractivity (Wildman–Crippen MR) is 109 cm³/mol. The van der Waals surface area contributed by atoms with Crippen LogP contribution >= 0.6 is 0 Å². The van der Waals surface area contributed by atoms with Crippen LogP contribution in [0.3, 0.4) is 0 Å². The third-order valence-electron chi connectivity index (χ3n) is 5.84. The van der Waals surface area contributed by atoms with Crippen LogP contribution in [-0.2, 0) is 0 Å². The van der Waals surface area contributed by atoms with E-state index in [1.165, 1.54) is 16.6 Å². The van der Waals surface area contributed by atoms with Crippen molar-refractivity contribution in [3.63, 3.8) is 0 Å². The highest BCUT2D eigenvalue weighted by Gasteiger charge is 2.24. The third kappa shape index (κ3) is 3.06. The van der Waals surface area contributed by atoms with Crippen LogP contribution in [0.4, 0.5) is 0 Å². The van der Waals surface area contributed by atoms with Crippen molar-refractivity contribution in [1.82, 2.24) is 14.9 Å². The molecule has 4 nitrogen and oxygen atoms in total. The molecule has 2 aromatic carbocycles. The lowest BCUT2D eigenvalue weighted by Gasteiger charge is -2.31. The number of nitrogens with one attached hydrogen (secondary N) is 2. The maximum Gasteiger partial charge on any atom is 0.178 e. The Morgan fingerprint density at radius 2 is 1.74 bits per heavy atom. The van der Waals surface area contributed by atoms with E-state index in [4.69, 9.17) is 0 Å². The number of piperidine rings is 1. The zero-order valence-electron chi connectivity index (χ0n) is 15.2. The molecule has 0 unspecified atom stereocenters. The van der Waals surface area contributed by atoms with Gasteiger partial charge in [0, 0.05) is 39.8 Å². The van der Waals surface area contributed by atoms with Gasteiger partial charge in [0.2, 0.25) is 0 Å². The van der Waals surface area contributed by atoms with Gasteiger partial charge >= 0.3 is 0 Å². The van der Waals surface area contributed by atoms with Crippen molar-refractivity contribution in [2.45, 2.75) is 18.8 Å². The molecule has 3 heterocycles. The van der Waals surface area contributed by atoms with Gasteiger partial charge in [-0.2, -0.15) is 0 Å². The summed E-state index contributed by atoms with van der Waals surface area (Å²) in [7, 11) is 0. The lowest BCUT2D eigenvalue weighted by Crippen LogP contribution is -2.36. The molecule has 0 bridgehead atoms. The summed E-state index contributed by atoms with van der Waals surface area (Å²) in [5, 5.41) is 2.31. The van der Waals surface area contributed by atoms with E-state index in [2.05, 4.69) is 45.2 Å². The molecule has 4 heteroatoms. The molecule has 0 aliphatic carbocycles. The van der Waals surface area contributed by atoms with Crippen LogP contribution in [-0.4, -0.2) is 40.3 Å². The number of fused-ring (bicyclic) bond motifs is 2. The third-order valence-corrected chi connectivity index (χ3v) is 5.84. The number of carbonyl (C=O) groups excluding carboxylic acids is 1. The average molecular weight is 357 g/mol. The molecule has 2 aromatic heterocycles. The van der Waals surface area contributed by atoms with Crippen molar-refractivity contribution in [2.24, 2.45) is 0 Å². The van der Waals surface area contributed by atoms with Gasteiger partial charge in [0.15, 0.2) is 5.78 Å². The quantitative estimate of drug-likeness (QED) is 0.520. The van der Waals surface area contributed by atoms with Crippen molar-refractivity contribution < 1.29 is 4.79 Å². The van der Waals surface area contributed by atoms with Crippen LogP contribution in [0.15, 0.2) is 60.8 Å². The minimum absolute atomic E-state index is 0.205. The number of carbonyl (C=O) groups is 1. The average Bonchev–Trinajstić information content (AvgIpc) is 3.33. The summed E-state index contributed by atoms with van der Waals surface area (Å²) in [6.07, 6.45) is 4.03. The lowest BCUT2D eigenvalue weighted by atomic mass is 9.93. The molecule has 0 amide bonds. The monoisotopic (exact) mass is 357 g/mol. The Hall–Kier alpha value is -2.85. The largest absolute Gasteiger partial charge is 0.360 e. The highest BCUT2D eigenvalue weighted by Crippen LogP contribution is 2.30. The number of likely N-dealkylation sites (tertiary alicyclic amines) is 1. The van der Waals surface area contributed by atoms with Crippen LogP contribution in [0, 0.1) is 0 Å². The summed E-state index contributed by atoms with van der Waals surface area (Å²) >= 11 is 0. The molecule has 0 atom stereocenters. The topological polar surface area (TPSA) is 51.9 Å². The summed E-state index contributed by atoms with van der Waals surface area (Å²) in [4.78, 5) is 21.9. The molecule has 0 radical (unpaired) electrons. The molecule has 1 aliphatic heterocycles. The number of para-hydroxylation sites is 2. The second kappa shape index (κ2) is 6.71. The van der Waals surface area contributed by atoms with E-state index in [1.807, 2.05) is 30.5 Å². The normalized spacial score (nSPS) is 16.3. The molecular weight excluding hydrogens is 334 g/mol. The van der Waals surface area contributed by atoms with Crippen molar-refractivity contribution in [1.29, 1.82) is 0 Å². The Morgan fingerprint density at radius 1 is 1.00 bits per heavy atom. The zero-order valence-corrected chi connectivity index (χ0v) is 15.2. The molecule has 1 aliphatic rings. The predicted octanol–water partition coefficient (Wildman–Crippen LogP) is 4.71. The Morgan fingerprint density at radius 3 is 2.56 bits per heavy atom. The van der Waals surface area contributed by atoms with E-state index in [9.17, 15) is 4.79 Å². The number of rotatable bonds is 4. The van der Waals surface area contributed by atoms with Crippen LogP contribution in [0.5, 0.6) is 0 Å². The summed E-state index contributed by atoms with van der Waals surface area (Å²) in [6, 6.07) is 18.7. The van der Waals surface area contributed by atoms with E-state index in [0.717, 1.165) is 42.4 Å². The molecule has 0 spiro atoms. The molecule has 136 valence electrons. The van der Waals surface area contributed by atoms with Gasteiger partial charge in [-0.15, -0.1) is 0 Å². The van der Waals surface area contributed by atoms with Crippen molar-refractivity contribution >= 4 is 27.6 Å². The SMILES string of the molecule is O=C(CN1CCC(c2cc3ccccc3[nH]2)CC1)c1c[nH]c2ccccc12. The summed E-state index contributed by atoms with van der Waals surface area (Å²) in [5.74, 6) is 0.758. The van der Waals surface area contributed by atoms with E-state index < -0.39 is 0 Å². The number of ketones is 1.